The Bertz CT molecular complexity index is 630. The predicted octanol–water partition coefficient (Wildman–Crippen LogP) is 2.62. The molecule has 1 atom stereocenters. The lowest BCUT2D eigenvalue weighted by Crippen LogP contribution is -2.87. The van der Waals surface area contributed by atoms with Gasteiger partial charge in [-0.25, -0.2) is 0 Å². The minimum atomic E-state index is -0.402. The van der Waals surface area contributed by atoms with Crippen molar-refractivity contribution in [2.75, 3.05) is 18.5 Å². The van der Waals surface area contributed by atoms with E-state index in [0.29, 0.717) is 28.7 Å². The summed E-state index contributed by atoms with van der Waals surface area (Å²) in [7, 11) is 0. The fraction of sp³-hybridized carbons (Fsp3) is 0.235. The predicted molar refractivity (Wildman–Crippen MR) is 92.8 cm³/mol. The first-order valence-corrected chi connectivity index (χ1v) is 8.12. The van der Waals surface area contributed by atoms with Crippen LogP contribution in [0.2, 0.25) is 10.0 Å². The summed E-state index contributed by atoms with van der Waals surface area (Å²) in [6.07, 6.45) is 0.625. The van der Waals surface area contributed by atoms with Crippen LogP contribution >= 0.6 is 23.2 Å². The maximum atomic E-state index is 12.6. The van der Waals surface area contributed by atoms with E-state index in [1.54, 1.807) is 18.2 Å². The van der Waals surface area contributed by atoms with Crippen LogP contribution in [0.5, 0.6) is 0 Å². The van der Waals surface area contributed by atoms with Crippen LogP contribution in [-0.2, 0) is 4.79 Å². The third kappa shape index (κ3) is 5.52. The van der Waals surface area contributed by atoms with E-state index in [9.17, 15) is 4.79 Å². The minimum Gasteiger partial charge on any atom is -0.396 e. The van der Waals surface area contributed by atoms with Crippen LogP contribution in [0.15, 0.2) is 48.5 Å². The first kappa shape index (κ1) is 17.8. The maximum absolute atomic E-state index is 12.6. The molecule has 2 aromatic rings. The third-order valence-corrected chi connectivity index (χ3v) is 3.77. The highest BCUT2D eigenvalue weighted by atomic mass is 35.5. The van der Waals surface area contributed by atoms with E-state index in [-0.39, 0.29) is 12.5 Å². The van der Waals surface area contributed by atoms with E-state index in [0.717, 1.165) is 5.56 Å². The number of rotatable bonds is 7. The van der Waals surface area contributed by atoms with Gasteiger partial charge in [0.05, 0.1) is 6.54 Å². The molecule has 0 saturated heterocycles. The van der Waals surface area contributed by atoms with E-state index >= 15 is 0 Å². The number of benzene rings is 2. The smallest absolute Gasteiger partial charge is 0.287 e. The molecule has 0 saturated carbocycles. The number of aliphatic hydroxyl groups is 1. The van der Waals surface area contributed by atoms with Gasteiger partial charge in [-0.05, 0) is 18.2 Å². The maximum Gasteiger partial charge on any atom is 0.287 e. The van der Waals surface area contributed by atoms with Crippen molar-refractivity contribution in [1.82, 2.24) is 0 Å². The van der Waals surface area contributed by atoms with Crippen LogP contribution in [0, 0.1) is 0 Å². The second-order valence-electron chi connectivity index (χ2n) is 5.14. The fourth-order valence-electron chi connectivity index (χ4n) is 2.28. The van der Waals surface area contributed by atoms with Crippen LogP contribution < -0.4 is 10.6 Å². The van der Waals surface area contributed by atoms with Gasteiger partial charge in [0, 0.05) is 34.3 Å². The topological polar surface area (TPSA) is 65.9 Å². The number of carbonyl (C=O) groups is 1. The Balaban J connectivity index is 2.15. The lowest BCUT2D eigenvalue weighted by Gasteiger charge is -2.16. The van der Waals surface area contributed by atoms with Crippen LogP contribution in [0.25, 0.3) is 0 Å². The van der Waals surface area contributed by atoms with Crippen molar-refractivity contribution in [1.29, 1.82) is 0 Å². The van der Waals surface area contributed by atoms with Crippen LogP contribution in [-0.4, -0.2) is 24.2 Å². The summed E-state index contributed by atoms with van der Waals surface area (Å²) in [6, 6.07) is 14.0. The van der Waals surface area contributed by atoms with Crippen LogP contribution in [0.3, 0.4) is 0 Å². The molecule has 23 heavy (non-hydrogen) atoms. The average Bonchev–Trinajstić information content (AvgIpc) is 2.51. The van der Waals surface area contributed by atoms with Crippen molar-refractivity contribution < 1.29 is 15.2 Å². The molecular formula is C17H19Cl2N2O2+. The molecular weight excluding hydrogens is 335 g/mol. The van der Waals surface area contributed by atoms with Gasteiger partial charge in [-0.3, -0.25) is 4.79 Å². The fourth-order valence-corrected chi connectivity index (χ4v) is 2.80. The Labute approximate surface area is 145 Å². The molecule has 0 spiro atoms. The molecule has 6 heteroatoms. The molecule has 0 radical (unpaired) electrons. The summed E-state index contributed by atoms with van der Waals surface area (Å²) in [4.78, 5) is 12.6. The molecule has 0 bridgehead atoms. The van der Waals surface area contributed by atoms with Crippen molar-refractivity contribution in [3.05, 3.63) is 64.1 Å². The highest BCUT2D eigenvalue weighted by Gasteiger charge is 2.23. The number of anilines is 1. The van der Waals surface area contributed by atoms with E-state index in [2.05, 4.69) is 5.32 Å². The number of carbonyl (C=O) groups excluding carboxylic acids is 1. The van der Waals surface area contributed by atoms with Crippen molar-refractivity contribution >= 4 is 34.8 Å². The number of amides is 1. The first-order valence-electron chi connectivity index (χ1n) is 7.36. The molecule has 0 aliphatic carbocycles. The minimum absolute atomic E-state index is 0.101. The van der Waals surface area contributed by atoms with E-state index < -0.39 is 6.04 Å². The average molecular weight is 354 g/mol. The Morgan fingerprint density at radius 2 is 1.78 bits per heavy atom. The highest BCUT2D eigenvalue weighted by molar-refractivity contribution is 6.35. The summed E-state index contributed by atoms with van der Waals surface area (Å²) in [6.45, 7) is 0.753. The monoisotopic (exact) mass is 353 g/mol. The number of nitrogens with two attached hydrogens (primary N) is 1. The summed E-state index contributed by atoms with van der Waals surface area (Å²) in [5.41, 5.74) is 1.46. The second kappa shape index (κ2) is 8.89. The van der Waals surface area contributed by atoms with Gasteiger partial charge in [0.25, 0.3) is 5.91 Å². The number of hydrogen-bond acceptors (Lipinski definition) is 2. The SMILES string of the molecule is O=C(Nc1cc(Cl)cc(Cl)c1)[C@@H]([NH2+]CCCO)c1ccccc1. The highest BCUT2D eigenvalue weighted by Crippen LogP contribution is 2.23. The van der Waals surface area contributed by atoms with Gasteiger partial charge in [-0.2, -0.15) is 0 Å². The zero-order valence-corrected chi connectivity index (χ0v) is 14.0. The number of halogens is 2. The second-order valence-corrected chi connectivity index (χ2v) is 6.01. The standard InChI is InChI=1S/C17H18Cl2N2O2/c18-13-9-14(19)11-15(10-13)21-17(23)16(20-7-4-8-22)12-5-2-1-3-6-12/h1-3,5-6,9-11,16,20,22H,4,7-8H2,(H,21,23)/p+1/t16-/m0/s1. The van der Waals surface area contributed by atoms with E-state index in [1.807, 2.05) is 35.6 Å². The van der Waals surface area contributed by atoms with Crippen molar-refractivity contribution in [2.24, 2.45) is 0 Å². The molecule has 4 N–H and O–H groups in total. The third-order valence-electron chi connectivity index (χ3n) is 3.34. The lowest BCUT2D eigenvalue weighted by molar-refractivity contribution is -0.682. The summed E-state index contributed by atoms with van der Waals surface area (Å²) >= 11 is 11.9. The molecule has 0 unspecified atom stereocenters. The molecule has 1 amide bonds. The molecule has 0 heterocycles. The Morgan fingerprint density at radius 1 is 1.13 bits per heavy atom. The van der Waals surface area contributed by atoms with E-state index in [1.165, 1.54) is 0 Å². The Morgan fingerprint density at radius 3 is 2.39 bits per heavy atom. The summed E-state index contributed by atoms with van der Waals surface area (Å²) < 4.78 is 0. The molecule has 0 aromatic heterocycles. The largest absolute Gasteiger partial charge is 0.396 e. The van der Waals surface area contributed by atoms with Crippen LogP contribution in [0.4, 0.5) is 5.69 Å². The Kier molecular flexibility index (Phi) is 6.86. The molecule has 0 aliphatic heterocycles. The van der Waals surface area contributed by atoms with Crippen molar-refractivity contribution in [2.45, 2.75) is 12.5 Å². The lowest BCUT2D eigenvalue weighted by atomic mass is 10.1. The first-order chi connectivity index (χ1) is 11.1. The van der Waals surface area contributed by atoms with Crippen LogP contribution in [0.1, 0.15) is 18.0 Å². The molecule has 0 fully saturated rings. The van der Waals surface area contributed by atoms with Gasteiger partial charge in [0.2, 0.25) is 0 Å². The summed E-state index contributed by atoms with van der Waals surface area (Å²) in [5, 5.41) is 14.6. The van der Waals surface area contributed by atoms with Crippen molar-refractivity contribution in [3.8, 4) is 0 Å². The van der Waals surface area contributed by atoms with Gasteiger partial charge in [-0.15, -0.1) is 0 Å². The van der Waals surface area contributed by atoms with Gasteiger partial charge in [0.1, 0.15) is 0 Å². The van der Waals surface area contributed by atoms with Gasteiger partial charge in [0.15, 0.2) is 6.04 Å². The normalized spacial score (nSPS) is 12.0. The number of hydrogen-bond donors (Lipinski definition) is 3. The van der Waals surface area contributed by atoms with Crippen molar-refractivity contribution in [3.63, 3.8) is 0 Å². The quantitative estimate of drug-likeness (QED) is 0.670. The van der Waals surface area contributed by atoms with Gasteiger partial charge in [-0.1, -0.05) is 53.5 Å². The number of nitrogens with one attached hydrogen (secondary N) is 1. The molecule has 2 rings (SSSR count). The Hall–Kier alpha value is -1.59. The molecule has 2 aromatic carbocycles. The molecule has 122 valence electrons. The molecule has 4 nitrogen and oxygen atoms in total. The number of aliphatic hydroxyl groups excluding tert-OH is 1. The number of quaternary nitrogens is 1. The zero-order chi connectivity index (χ0) is 16.7. The van der Waals surface area contributed by atoms with E-state index in [4.69, 9.17) is 28.3 Å². The zero-order valence-electron chi connectivity index (χ0n) is 12.5. The van der Waals surface area contributed by atoms with Gasteiger partial charge >= 0.3 is 0 Å². The summed E-state index contributed by atoms with van der Waals surface area (Å²) in [5.74, 6) is -0.160. The van der Waals surface area contributed by atoms with Gasteiger partial charge < -0.3 is 15.7 Å². The molecule has 0 aliphatic rings.